The number of unbranched alkanes of at least 4 members (excludes halogenated alkanes) is 37. The molecule has 0 aromatic carbocycles. The number of ether oxygens (including phenoxy) is 3. The van der Waals surface area contributed by atoms with E-state index in [9.17, 15) is 14.4 Å². The summed E-state index contributed by atoms with van der Waals surface area (Å²) in [7, 11) is 0. The van der Waals surface area contributed by atoms with E-state index in [1.165, 1.54) is 186 Å². The van der Waals surface area contributed by atoms with Crippen LogP contribution in [0.1, 0.15) is 342 Å². The van der Waals surface area contributed by atoms with Gasteiger partial charge in [0.15, 0.2) is 6.10 Å². The molecule has 0 aliphatic carbocycles. The van der Waals surface area contributed by atoms with Crippen molar-refractivity contribution in [2.24, 2.45) is 0 Å². The minimum Gasteiger partial charge on any atom is -0.462 e. The van der Waals surface area contributed by atoms with Crippen LogP contribution < -0.4 is 0 Å². The molecular formula is C73H128O6. The molecule has 6 heteroatoms. The van der Waals surface area contributed by atoms with Crippen LogP contribution >= 0.6 is 0 Å². The summed E-state index contributed by atoms with van der Waals surface area (Å²) >= 11 is 0. The zero-order chi connectivity index (χ0) is 57.1. The highest BCUT2D eigenvalue weighted by atomic mass is 16.6. The Morgan fingerprint density at radius 1 is 0.266 bits per heavy atom. The molecule has 0 rings (SSSR count). The van der Waals surface area contributed by atoms with Crippen LogP contribution in [0.15, 0.2) is 85.1 Å². The molecule has 1 atom stereocenters. The van der Waals surface area contributed by atoms with E-state index in [4.69, 9.17) is 14.2 Å². The standard InChI is InChI=1S/C73H128O6/c1-4-7-10-13-16-19-22-25-28-31-34-35-36-37-40-42-45-48-51-54-57-60-63-66-72(75)78-69-70(79-73(76)67-64-61-58-55-52-49-46-43-39-33-30-27-24-21-18-15-12-9-6-3)68-77-71(74)65-62-59-56-53-50-47-44-41-38-32-29-26-23-20-17-14-11-8-5-2/h9,12,17-18,20-21,26-27,29-30,38-39,41,43,70H,4-8,10-11,13-16,19,22-25,28,31-37,40,42,44-69H2,1-3H3/b12-9-,20-17-,21-18-,29-26-,30-27-,41-38-,43-39-. The van der Waals surface area contributed by atoms with Gasteiger partial charge in [-0.1, -0.05) is 311 Å². The van der Waals surface area contributed by atoms with Crippen molar-refractivity contribution in [1.29, 1.82) is 0 Å². The molecule has 0 aromatic heterocycles. The molecule has 0 saturated carbocycles. The van der Waals surface area contributed by atoms with Crippen LogP contribution in [0, 0.1) is 0 Å². The summed E-state index contributed by atoms with van der Waals surface area (Å²) in [6, 6.07) is 0. The van der Waals surface area contributed by atoms with E-state index in [0.717, 1.165) is 116 Å². The Morgan fingerprint density at radius 3 is 0.797 bits per heavy atom. The van der Waals surface area contributed by atoms with Gasteiger partial charge in [-0.3, -0.25) is 14.4 Å². The molecule has 0 amide bonds. The van der Waals surface area contributed by atoms with Crippen molar-refractivity contribution in [3.05, 3.63) is 85.1 Å². The number of hydrogen-bond acceptors (Lipinski definition) is 6. The van der Waals surface area contributed by atoms with Crippen LogP contribution in [-0.4, -0.2) is 37.2 Å². The molecule has 0 saturated heterocycles. The molecule has 0 aliphatic heterocycles. The maximum absolute atomic E-state index is 12.9. The molecule has 0 radical (unpaired) electrons. The highest BCUT2D eigenvalue weighted by molar-refractivity contribution is 5.71. The van der Waals surface area contributed by atoms with E-state index in [2.05, 4.69) is 106 Å². The maximum Gasteiger partial charge on any atom is 0.306 e. The molecule has 0 aliphatic rings. The van der Waals surface area contributed by atoms with Gasteiger partial charge in [-0.05, 0) is 96.3 Å². The van der Waals surface area contributed by atoms with Gasteiger partial charge in [-0.2, -0.15) is 0 Å². The van der Waals surface area contributed by atoms with Crippen molar-refractivity contribution in [2.75, 3.05) is 13.2 Å². The lowest BCUT2D eigenvalue weighted by Gasteiger charge is -2.18. The lowest BCUT2D eigenvalue weighted by Crippen LogP contribution is -2.30. The summed E-state index contributed by atoms with van der Waals surface area (Å²) in [5, 5.41) is 0. The number of hydrogen-bond donors (Lipinski definition) is 0. The van der Waals surface area contributed by atoms with Crippen LogP contribution in [0.25, 0.3) is 0 Å². The smallest absolute Gasteiger partial charge is 0.306 e. The first-order valence-corrected chi connectivity index (χ1v) is 34.1. The van der Waals surface area contributed by atoms with Gasteiger partial charge in [0, 0.05) is 19.3 Å². The van der Waals surface area contributed by atoms with E-state index < -0.39 is 6.10 Å². The summed E-state index contributed by atoms with van der Waals surface area (Å²) in [5.41, 5.74) is 0. The summed E-state index contributed by atoms with van der Waals surface area (Å²) < 4.78 is 17.0. The Bertz CT molecular complexity index is 1500. The number of carbonyl (C=O) groups excluding carboxylic acids is 3. The van der Waals surface area contributed by atoms with Crippen LogP contribution in [0.3, 0.4) is 0 Å². The fourth-order valence-electron chi connectivity index (χ4n) is 9.80. The molecule has 0 aromatic rings. The van der Waals surface area contributed by atoms with Crippen molar-refractivity contribution in [3.8, 4) is 0 Å². The number of carbonyl (C=O) groups is 3. The highest BCUT2D eigenvalue weighted by Crippen LogP contribution is 2.17. The molecule has 456 valence electrons. The van der Waals surface area contributed by atoms with E-state index in [1.807, 2.05) is 0 Å². The van der Waals surface area contributed by atoms with Crippen molar-refractivity contribution in [3.63, 3.8) is 0 Å². The number of allylic oxidation sites excluding steroid dienone is 14. The molecule has 0 bridgehead atoms. The molecule has 79 heavy (non-hydrogen) atoms. The third kappa shape index (κ3) is 65.3. The van der Waals surface area contributed by atoms with Gasteiger partial charge in [0.2, 0.25) is 0 Å². The predicted molar refractivity (Wildman–Crippen MR) is 344 cm³/mol. The van der Waals surface area contributed by atoms with Crippen molar-refractivity contribution < 1.29 is 28.6 Å². The molecule has 0 N–H and O–H groups in total. The first-order chi connectivity index (χ1) is 39.0. The molecule has 0 spiro atoms. The normalized spacial score (nSPS) is 12.6. The second kappa shape index (κ2) is 67.1. The molecular weight excluding hydrogens is 973 g/mol. The monoisotopic (exact) mass is 1100 g/mol. The van der Waals surface area contributed by atoms with Gasteiger partial charge in [-0.15, -0.1) is 0 Å². The van der Waals surface area contributed by atoms with Gasteiger partial charge in [0.05, 0.1) is 0 Å². The Kier molecular flexibility index (Phi) is 64.2. The summed E-state index contributed by atoms with van der Waals surface area (Å²) in [5.74, 6) is -0.894. The Balaban J connectivity index is 4.38. The largest absolute Gasteiger partial charge is 0.462 e. The van der Waals surface area contributed by atoms with E-state index in [-0.39, 0.29) is 31.1 Å². The van der Waals surface area contributed by atoms with Crippen molar-refractivity contribution in [2.45, 2.75) is 348 Å². The molecule has 6 nitrogen and oxygen atoms in total. The number of esters is 3. The van der Waals surface area contributed by atoms with Crippen LogP contribution in [0.4, 0.5) is 0 Å². The molecule has 0 fully saturated rings. The fraction of sp³-hybridized carbons (Fsp3) is 0.767. The second-order valence-electron chi connectivity index (χ2n) is 22.7. The van der Waals surface area contributed by atoms with Gasteiger partial charge >= 0.3 is 17.9 Å². The Labute approximate surface area is 490 Å². The summed E-state index contributed by atoms with van der Waals surface area (Å²) in [4.78, 5) is 38.4. The van der Waals surface area contributed by atoms with Crippen LogP contribution in [-0.2, 0) is 28.6 Å². The van der Waals surface area contributed by atoms with Gasteiger partial charge in [0.25, 0.3) is 0 Å². The first-order valence-electron chi connectivity index (χ1n) is 34.1. The van der Waals surface area contributed by atoms with Gasteiger partial charge in [0.1, 0.15) is 13.2 Å². The average molecular weight is 1100 g/mol. The maximum atomic E-state index is 12.9. The third-order valence-electron chi connectivity index (χ3n) is 14.9. The lowest BCUT2D eigenvalue weighted by molar-refractivity contribution is -0.167. The van der Waals surface area contributed by atoms with E-state index in [0.29, 0.717) is 19.3 Å². The average Bonchev–Trinajstić information content (AvgIpc) is 3.45. The summed E-state index contributed by atoms with van der Waals surface area (Å²) in [6.45, 7) is 6.53. The zero-order valence-corrected chi connectivity index (χ0v) is 52.4. The topological polar surface area (TPSA) is 78.9 Å². The van der Waals surface area contributed by atoms with E-state index >= 15 is 0 Å². The molecule has 0 heterocycles. The van der Waals surface area contributed by atoms with E-state index in [1.54, 1.807) is 0 Å². The minimum absolute atomic E-state index is 0.0841. The molecule has 1 unspecified atom stereocenters. The predicted octanol–water partition coefficient (Wildman–Crippen LogP) is 23.4. The summed E-state index contributed by atoms with van der Waals surface area (Å²) in [6.07, 6.45) is 88.8. The lowest BCUT2D eigenvalue weighted by atomic mass is 10.0. The SMILES string of the molecule is CC/C=C\C/C=C\C/C=C\C/C=C\CCCCCCCCC(=O)OC(COC(=O)CCCCCCCC/C=C\C/C=C\C/C=C\CCCCC)COC(=O)CCCCCCCCCCCCCCCCCCCCCCCCC. The van der Waals surface area contributed by atoms with Gasteiger partial charge in [-0.25, -0.2) is 0 Å². The van der Waals surface area contributed by atoms with Crippen LogP contribution in [0.5, 0.6) is 0 Å². The quantitative estimate of drug-likeness (QED) is 0.0261. The fourth-order valence-corrected chi connectivity index (χ4v) is 9.80. The number of rotatable bonds is 62. The van der Waals surface area contributed by atoms with Gasteiger partial charge < -0.3 is 14.2 Å². The minimum atomic E-state index is -0.791. The Hall–Kier alpha value is -3.41. The zero-order valence-electron chi connectivity index (χ0n) is 52.4. The van der Waals surface area contributed by atoms with Crippen molar-refractivity contribution in [1.82, 2.24) is 0 Å². The first kappa shape index (κ1) is 75.6. The van der Waals surface area contributed by atoms with Crippen molar-refractivity contribution >= 4 is 17.9 Å². The van der Waals surface area contributed by atoms with Crippen LogP contribution in [0.2, 0.25) is 0 Å². The second-order valence-corrected chi connectivity index (χ2v) is 22.7. The third-order valence-corrected chi connectivity index (χ3v) is 14.9. The Morgan fingerprint density at radius 2 is 0.494 bits per heavy atom. The highest BCUT2D eigenvalue weighted by Gasteiger charge is 2.19.